The number of carbonyl (C=O) groups excluding carboxylic acids is 2. The van der Waals surface area contributed by atoms with E-state index >= 15 is 0 Å². The molecule has 0 saturated carbocycles. The second kappa shape index (κ2) is 10.7. The van der Waals surface area contributed by atoms with Gasteiger partial charge in [0.25, 0.3) is 0 Å². The molecule has 1 unspecified atom stereocenters. The number of amides is 1. The summed E-state index contributed by atoms with van der Waals surface area (Å²) in [5, 5.41) is 9.57. The molecule has 2 atom stereocenters. The second-order valence-corrected chi connectivity index (χ2v) is 8.23. The maximum Gasteiger partial charge on any atom is 0.410 e. The average Bonchev–Trinajstić information content (AvgIpc) is 2.91. The highest BCUT2D eigenvalue weighted by molar-refractivity contribution is 5.75. The number of nitrogens with zero attached hydrogens (tertiary/aromatic N) is 2. The quantitative estimate of drug-likeness (QED) is 0.482. The minimum Gasteiger partial charge on any atom is -0.479 e. The van der Waals surface area contributed by atoms with Crippen LogP contribution in [0.1, 0.15) is 40.8 Å². The molecule has 3 aromatic carbocycles. The molecule has 0 fully saturated rings. The van der Waals surface area contributed by atoms with Gasteiger partial charge in [0.2, 0.25) is 0 Å². The molecule has 4 rings (SSSR count). The Morgan fingerprint density at radius 3 is 2.54 bits per heavy atom. The average molecular weight is 471 g/mol. The Hall–Kier alpha value is -4.31. The van der Waals surface area contributed by atoms with Crippen molar-refractivity contribution in [1.29, 1.82) is 5.26 Å². The lowest BCUT2D eigenvalue weighted by molar-refractivity contribution is -0.147. The van der Waals surface area contributed by atoms with Gasteiger partial charge in [0.15, 0.2) is 6.10 Å². The minimum absolute atomic E-state index is 0.144. The number of methoxy groups -OCH3 is 1. The van der Waals surface area contributed by atoms with Crippen LogP contribution < -0.4 is 4.74 Å². The summed E-state index contributed by atoms with van der Waals surface area (Å²) in [4.78, 5) is 27.0. The summed E-state index contributed by atoms with van der Waals surface area (Å²) >= 11 is 0. The van der Waals surface area contributed by atoms with Crippen LogP contribution in [0.3, 0.4) is 0 Å². The van der Waals surface area contributed by atoms with E-state index in [4.69, 9.17) is 14.2 Å². The first-order chi connectivity index (χ1) is 17.0. The molecule has 0 aliphatic carbocycles. The topological polar surface area (TPSA) is 88.9 Å². The molecule has 7 nitrogen and oxygen atoms in total. The Morgan fingerprint density at radius 2 is 1.80 bits per heavy atom. The van der Waals surface area contributed by atoms with Crippen LogP contribution in [-0.2, 0) is 27.3 Å². The fourth-order valence-electron chi connectivity index (χ4n) is 4.24. The monoisotopic (exact) mass is 470 g/mol. The molecule has 7 heteroatoms. The molecule has 3 aromatic rings. The third-order valence-electron chi connectivity index (χ3n) is 5.99. The van der Waals surface area contributed by atoms with E-state index in [-0.39, 0.29) is 6.61 Å². The molecule has 0 aromatic heterocycles. The van der Waals surface area contributed by atoms with Gasteiger partial charge >= 0.3 is 12.1 Å². The van der Waals surface area contributed by atoms with Crippen LogP contribution in [0.4, 0.5) is 4.79 Å². The van der Waals surface area contributed by atoms with Crippen LogP contribution >= 0.6 is 0 Å². The SMILES string of the molecule is COC(=O)[C@@H](C)Oc1ccc(C#N)cc1C1c2ccccc2CCN1C(=O)OCc1ccccc1. The molecule has 35 heavy (non-hydrogen) atoms. The van der Waals surface area contributed by atoms with Gasteiger partial charge in [-0.1, -0.05) is 54.6 Å². The summed E-state index contributed by atoms with van der Waals surface area (Å²) in [6, 6.07) is 23.9. The Morgan fingerprint density at radius 1 is 1.06 bits per heavy atom. The van der Waals surface area contributed by atoms with E-state index in [1.807, 2.05) is 54.6 Å². The maximum atomic E-state index is 13.3. The van der Waals surface area contributed by atoms with Gasteiger partial charge in [-0.15, -0.1) is 0 Å². The standard InChI is InChI=1S/C28H26N2O5/c1-19(27(31)33-2)35-25-13-12-21(17-29)16-24(25)26-23-11-7-6-10-22(23)14-15-30(26)28(32)34-18-20-8-4-3-5-9-20/h3-13,16,19,26H,14-15,18H2,1-2H3/t19-,26?/m1/s1. The van der Waals surface area contributed by atoms with Gasteiger partial charge in [-0.25, -0.2) is 9.59 Å². The van der Waals surface area contributed by atoms with E-state index in [1.54, 1.807) is 30.0 Å². The van der Waals surface area contributed by atoms with Crippen molar-refractivity contribution in [2.45, 2.75) is 32.1 Å². The van der Waals surface area contributed by atoms with Crippen molar-refractivity contribution >= 4 is 12.1 Å². The van der Waals surface area contributed by atoms with Gasteiger partial charge in [0.1, 0.15) is 12.4 Å². The van der Waals surface area contributed by atoms with Crippen LogP contribution in [0.25, 0.3) is 0 Å². The summed E-state index contributed by atoms with van der Waals surface area (Å²) < 4.78 is 16.4. The van der Waals surface area contributed by atoms with E-state index in [9.17, 15) is 14.9 Å². The van der Waals surface area contributed by atoms with Crippen molar-refractivity contribution in [3.63, 3.8) is 0 Å². The molecule has 1 heterocycles. The van der Waals surface area contributed by atoms with Gasteiger partial charge in [0, 0.05) is 12.1 Å². The van der Waals surface area contributed by atoms with Crippen molar-refractivity contribution in [2.24, 2.45) is 0 Å². The van der Waals surface area contributed by atoms with Crippen LogP contribution in [0.2, 0.25) is 0 Å². The van der Waals surface area contributed by atoms with Crippen molar-refractivity contribution in [3.8, 4) is 11.8 Å². The number of benzene rings is 3. The van der Waals surface area contributed by atoms with Crippen LogP contribution in [-0.4, -0.2) is 36.7 Å². The second-order valence-electron chi connectivity index (χ2n) is 8.23. The molecule has 0 bridgehead atoms. The molecule has 0 radical (unpaired) electrons. The third-order valence-corrected chi connectivity index (χ3v) is 5.99. The smallest absolute Gasteiger partial charge is 0.410 e. The lowest BCUT2D eigenvalue weighted by atomic mass is 9.87. The van der Waals surface area contributed by atoms with Crippen molar-refractivity contribution < 1.29 is 23.8 Å². The van der Waals surface area contributed by atoms with Crippen molar-refractivity contribution in [1.82, 2.24) is 4.90 Å². The fourth-order valence-corrected chi connectivity index (χ4v) is 4.24. The Labute approximate surface area is 204 Å². The molecular formula is C28H26N2O5. The highest BCUT2D eigenvalue weighted by atomic mass is 16.6. The van der Waals surface area contributed by atoms with Crippen LogP contribution in [0.5, 0.6) is 5.75 Å². The molecule has 0 N–H and O–H groups in total. The number of hydrogen-bond acceptors (Lipinski definition) is 6. The summed E-state index contributed by atoms with van der Waals surface area (Å²) in [6.45, 7) is 2.16. The zero-order valence-corrected chi connectivity index (χ0v) is 19.6. The van der Waals surface area contributed by atoms with Gasteiger partial charge in [0.05, 0.1) is 24.8 Å². The van der Waals surface area contributed by atoms with E-state index in [2.05, 4.69) is 6.07 Å². The predicted molar refractivity (Wildman–Crippen MR) is 129 cm³/mol. The molecule has 1 aliphatic heterocycles. The zero-order chi connectivity index (χ0) is 24.8. The summed E-state index contributed by atoms with van der Waals surface area (Å²) in [5.41, 5.74) is 3.92. The molecule has 1 amide bonds. The number of rotatable bonds is 6. The van der Waals surface area contributed by atoms with Gasteiger partial charge in [-0.2, -0.15) is 5.26 Å². The molecule has 0 saturated heterocycles. The molecule has 0 spiro atoms. The van der Waals surface area contributed by atoms with E-state index in [0.717, 1.165) is 16.7 Å². The molecule has 178 valence electrons. The highest BCUT2D eigenvalue weighted by Crippen LogP contribution is 2.40. The van der Waals surface area contributed by atoms with E-state index in [0.29, 0.717) is 29.8 Å². The number of nitriles is 1. The van der Waals surface area contributed by atoms with E-state index in [1.165, 1.54) is 7.11 Å². The first-order valence-corrected chi connectivity index (χ1v) is 11.4. The van der Waals surface area contributed by atoms with Crippen LogP contribution in [0, 0.1) is 11.3 Å². The normalized spacial score (nSPS) is 15.3. The Kier molecular flexibility index (Phi) is 7.32. The van der Waals surface area contributed by atoms with E-state index < -0.39 is 24.2 Å². The van der Waals surface area contributed by atoms with Gasteiger partial charge in [-0.05, 0) is 48.2 Å². The number of fused-ring (bicyclic) bond motifs is 1. The Balaban J connectivity index is 1.74. The maximum absolute atomic E-state index is 13.3. The minimum atomic E-state index is -0.871. The predicted octanol–water partition coefficient (Wildman–Crippen LogP) is 4.78. The van der Waals surface area contributed by atoms with Gasteiger partial charge < -0.3 is 14.2 Å². The summed E-state index contributed by atoms with van der Waals surface area (Å²) in [6.07, 6.45) is -0.675. The number of hydrogen-bond donors (Lipinski definition) is 0. The van der Waals surface area contributed by atoms with Crippen LogP contribution in [0.15, 0.2) is 72.8 Å². The Bertz CT molecular complexity index is 1250. The third kappa shape index (κ3) is 5.28. The number of carbonyl (C=O) groups is 2. The summed E-state index contributed by atoms with van der Waals surface area (Å²) in [7, 11) is 1.30. The highest BCUT2D eigenvalue weighted by Gasteiger charge is 2.35. The molecule has 1 aliphatic rings. The summed E-state index contributed by atoms with van der Waals surface area (Å²) in [5.74, 6) is -0.132. The number of ether oxygens (including phenoxy) is 3. The number of esters is 1. The van der Waals surface area contributed by atoms with Crippen molar-refractivity contribution in [3.05, 3.63) is 101 Å². The fraction of sp³-hybridized carbons (Fsp3) is 0.250. The lowest BCUT2D eigenvalue weighted by Gasteiger charge is -2.37. The van der Waals surface area contributed by atoms with Crippen molar-refractivity contribution in [2.75, 3.05) is 13.7 Å². The zero-order valence-electron chi connectivity index (χ0n) is 19.6. The first-order valence-electron chi connectivity index (χ1n) is 11.4. The van der Waals surface area contributed by atoms with Gasteiger partial charge in [-0.3, -0.25) is 4.90 Å². The lowest BCUT2D eigenvalue weighted by Crippen LogP contribution is -2.41. The molecular weight excluding hydrogens is 444 g/mol. The largest absolute Gasteiger partial charge is 0.479 e. The first kappa shape index (κ1) is 23.8.